The number of alkyl carbamates (subject to hydrolysis) is 1. The van der Waals surface area contributed by atoms with Crippen LogP contribution >= 0.6 is 0 Å². The van der Waals surface area contributed by atoms with Crippen molar-refractivity contribution in [2.45, 2.75) is 12.5 Å². The van der Waals surface area contributed by atoms with Gasteiger partial charge in [0.1, 0.15) is 12.3 Å². The number of rotatable bonds is 5. The fourth-order valence-corrected chi connectivity index (χ4v) is 4.06. The zero-order valence-electron chi connectivity index (χ0n) is 16.5. The van der Waals surface area contributed by atoms with E-state index in [9.17, 15) is 9.59 Å². The summed E-state index contributed by atoms with van der Waals surface area (Å²) in [6.45, 7) is 0.504. The molecule has 5 rings (SSSR count). The number of pyridine rings is 1. The Kier molecular flexibility index (Phi) is 4.63. The minimum Gasteiger partial charge on any atom is -0.476 e. The van der Waals surface area contributed by atoms with E-state index in [1.807, 2.05) is 24.3 Å². The van der Waals surface area contributed by atoms with E-state index in [4.69, 9.17) is 9.84 Å². The van der Waals surface area contributed by atoms with Crippen LogP contribution in [0.5, 0.6) is 0 Å². The van der Waals surface area contributed by atoms with E-state index in [2.05, 4.69) is 34.6 Å². The Balaban J connectivity index is 1.24. The summed E-state index contributed by atoms with van der Waals surface area (Å²) in [4.78, 5) is 27.4. The van der Waals surface area contributed by atoms with E-state index < -0.39 is 12.1 Å². The molecule has 1 aliphatic carbocycles. The lowest BCUT2D eigenvalue weighted by Gasteiger charge is -2.14. The zero-order valence-corrected chi connectivity index (χ0v) is 16.5. The number of carboxylic acids is 1. The number of carbonyl (C=O) groups is 2. The highest BCUT2D eigenvalue weighted by Crippen LogP contribution is 2.44. The number of ether oxygens (including phenoxy) is 1. The number of benzene rings is 2. The second kappa shape index (κ2) is 7.60. The molecule has 0 spiro atoms. The molecule has 1 amide bonds. The van der Waals surface area contributed by atoms with Crippen LogP contribution in [0.1, 0.15) is 33.1 Å². The number of imidazole rings is 1. The average molecular weight is 413 g/mol. The Morgan fingerprint density at radius 1 is 1.03 bits per heavy atom. The number of carbonyl (C=O) groups excluding carboxylic acids is 1. The lowest BCUT2D eigenvalue weighted by atomic mass is 9.98. The number of nitrogens with zero attached hydrogens (tertiary/aromatic N) is 2. The summed E-state index contributed by atoms with van der Waals surface area (Å²) in [6, 6.07) is 19.9. The third kappa shape index (κ3) is 3.50. The van der Waals surface area contributed by atoms with E-state index in [0.717, 1.165) is 16.7 Å². The maximum Gasteiger partial charge on any atom is 0.407 e. The summed E-state index contributed by atoms with van der Waals surface area (Å²) < 4.78 is 7.16. The summed E-state index contributed by atoms with van der Waals surface area (Å²) in [5.41, 5.74) is 5.96. The van der Waals surface area contributed by atoms with Gasteiger partial charge in [0.2, 0.25) is 0 Å². The van der Waals surface area contributed by atoms with Crippen LogP contribution in [0.3, 0.4) is 0 Å². The van der Waals surface area contributed by atoms with Crippen molar-refractivity contribution in [2.75, 3.05) is 6.61 Å². The van der Waals surface area contributed by atoms with Gasteiger partial charge in [-0.2, -0.15) is 0 Å². The molecular formula is C24H19N3O4. The molecular weight excluding hydrogens is 394 g/mol. The molecule has 0 radical (unpaired) electrons. The molecule has 2 aromatic carbocycles. The van der Waals surface area contributed by atoms with Crippen molar-refractivity contribution < 1.29 is 19.4 Å². The molecule has 2 N–H and O–H groups in total. The van der Waals surface area contributed by atoms with Gasteiger partial charge in [-0.3, -0.25) is 0 Å². The lowest BCUT2D eigenvalue weighted by Crippen LogP contribution is -2.25. The van der Waals surface area contributed by atoms with Crippen molar-refractivity contribution in [3.05, 3.63) is 95.4 Å². The highest BCUT2D eigenvalue weighted by Gasteiger charge is 2.28. The number of fused-ring (bicyclic) bond motifs is 4. The fraction of sp³-hybridized carbons (Fsp3) is 0.125. The van der Waals surface area contributed by atoms with Crippen LogP contribution < -0.4 is 5.32 Å². The van der Waals surface area contributed by atoms with Gasteiger partial charge in [0.25, 0.3) is 0 Å². The van der Waals surface area contributed by atoms with Crippen LogP contribution in [0.25, 0.3) is 16.8 Å². The van der Waals surface area contributed by atoms with Crippen molar-refractivity contribution in [3.8, 4) is 11.1 Å². The van der Waals surface area contributed by atoms with E-state index in [0.29, 0.717) is 5.65 Å². The second-order valence-corrected chi connectivity index (χ2v) is 7.41. The molecule has 4 aromatic rings. The molecule has 0 saturated heterocycles. The molecule has 2 aromatic heterocycles. The Labute approximate surface area is 177 Å². The molecule has 0 saturated carbocycles. The number of aromatic carboxylic acids is 1. The van der Waals surface area contributed by atoms with Gasteiger partial charge in [0, 0.05) is 24.9 Å². The molecule has 7 nitrogen and oxygen atoms in total. The van der Waals surface area contributed by atoms with Crippen LogP contribution in [0.4, 0.5) is 4.79 Å². The summed E-state index contributed by atoms with van der Waals surface area (Å²) in [7, 11) is 0. The van der Waals surface area contributed by atoms with Crippen LogP contribution in [0, 0.1) is 0 Å². The van der Waals surface area contributed by atoms with Crippen LogP contribution in [0.2, 0.25) is 0 Å². The van der Waals surface area contributed by atoms with Crippen molar-refractivity contribution in [3.63, 3.8) is 0 Å². The van der Waals surface area contributed by atoms with Gasteiger partial charge in [-0.05, 0) is 39.9 Å². The average Bonchev–Trinajstić information content (AvgIpc) is 3.35. The third-order valence-corrected chi connectivity index (χ3v) is 5.52. The molecule has 0 unspecified atom stereocenters. The summed E-state index contributed by atoms with van der Waals surface area (Å²) in [5.74, 6) is -1.07. The molecule has 0 atom stereocenters. The first kappa shape index (κ1) is 18.9. The van der Waals surface area contributed by atoms with Crippen LogP contribution in [-0.2, 0) is 11.3 Å². The largest absolute Gasteiger partial charge is 0.476 e. The van der Waals surface area contributed by atoms with Crippen molar-refractivity contribution >= 4 is 17.7 Å². The zero-order chi connectivity index (χ0) is 21.4. The fourth-order valence-electron chi connectivity index (χ4n) is 4.06. The Morgan fingerprint density at radius 2 is 1.71 bits per heavy atom. The minimum absolute atomic E-state index is 0.00820. The van der Waals surface area contributed by atoms with E-state index in [1.54, 1.807) is 22.7 Å². The lowest BCUT2D eigenvalue weighted by molar-refractivity contribution is 0.0691. The molecule has 1 aliphatic rings. The monoisotopic (exact) mass is 413 g/mol. The predicted molar refractivity (Wildman–Crippen MR) is 114 cm³/mol. The Hall–Kier alpha value is -4.13. The van der Waals surface area contributed by atoms with Gasteiger partial charge >= 0.3 is 12.1 Å². The normalized spacial score (nSPS) is 12.4. The standard InChI is InChI=1S/C24H19N3O4/c28-23(29)21-13-27-10-9-15(11-22(27)26-21)12-25-24(30)31-14-20-18-7-3-1-5-16(18)17-6-2-4-8-19(17)20/h1-11,13,20H,12,14H2,(H,25,30)(H,28,29). The molecule has 0 fully saturated rings. The number of carboxylic acid groups (broad SMARTS) is 1. The quantitative estimate of drug-likeness (QED) is 0.514. The molecule has 154 valence electrons. The van der Waals surface area contributed by atoms with Gasteiger partial charge in [-0.25, -0.2) is 14.6 Å². The highest BCUT2D eigenvalue weighted by atomic mass is 16.5. The molecule has 2 heterocycles. The van der Waals surface area contributed by atoms with Gasteiger partial charge in [-0.15, -0.1) is 0 Å². The first-order valence-electron chi connectivity index (χ1n) is 9.90. The first-order valence-corrected chi connectivity index (χ1v) is 9.90. The maximum atomic E-state index is 12.3. The van der Waals surface area contributed by atoms with Gasteiger partial charge in [0.05, 0.1) is 0 Å². The topological polar surface area (TPSA) is 92.9 Å². The first-order chi connectivity index (χ1) is 15.1. The van der Waals surface area contributed by atoms with Gasteiger partial charge in [0.15, 0.2) is 5.69 Å². The Morgan fingerprint density at radius 3 is 2.39 bits per heavy atom. The number of amides is 1. The smallest absolute Gasteiger partial charge is 0.407 e. The predicted octanol–water partition coefficient (Wildman–Crippen LogP) is 4.07. The minimum atomic E-state index is -1.08. The summed E-state index contributed by atoms with van der Waals surface area (Å²) in [6.07, 6.45) is 2.65. The van der Waals surface area contributed by atoms with Crippen molar-refractivity contribution in [2.24, 2.45) is 0 Å². The van der Waals surface area contributed by atoms with Crippen molar-refractivity contribution in [1.82, 2.24) is 14.7 Å². The number of hydrogen-bond acceptors (Lipinski definition) is 4. The van der Waals surface area contributed by atoms with Gasteiger partial charge < -0.3 is 19.6 Å². The number of nitrogens with one attached hydrogen (secondary N) is 1. The SMILES string of the molecule is O=C(NCc1ccn2cc(C(=O)O)nc2c1)OCC1c2ccccc2-c2ccccc21. The number of aromatic nitrogens is 2. The molecule has 0 bridgehead atoms. The van der Waals surface area contributed by atoms with Crippen LogP contribution in [0.15, 0.2) is 73.1 Å². The van der Waals surface area contributed by atoms with E-state index in [1.165, 1.54) is 17.3 Å². The molecule has 0 aliphatic heterocycles. The number of hydrogen-bond donors (Lipinski definition) is 2. The molecule has 7 heteroatoms. The summed E-state index contributed by atoms with van der Waals surface area (Å²) in [5, 5.41) is 11.8. The van der Waals surface area contributed by atoms with Gasteiger partial charge in [-0.1, -0.05) is 48.5 Å². The van der Waals surface area contributed by atoms with E-state index >= 15 is 0 Å². The van der Waals surface area contributed by atoms with Crippen LogP contribution in [-0.4, -0.2) is 33.2 Å². The second-order valence-electron chi connectivity index (χ2n) is 7.41. The van der Waals surface area contributed by atoms with Crippen molar-refractivity contribution in [1.29, 1.82) is 0 Å². The third-order valence-electron chi connectivity index (χ3n) is 5.52. The van der Waals surface area contributed by atoms with E-state index in [-0.39, 0.29) is 24.8 Å². The highest BCUT2D eigenvalue weighted by molar-refractivity contribution is 5.86. The maximum absolute atomic E-state index is 12.3. The Bertz CT molecular complexity index is 1270. The summed E-state index contributed by atoms with van der Waals surface area (Å²) >= 11 is 0. The molecule has 31 heavy (non-hydrogen) atoms.